The number of amides is 2. The average molecular weight is 327 g/mol. The Morgan fingerprint density at radius 3 is 2.83 bits per heavy atom. The Morgan fingerprint density at radius 1 is 1.38 bits per heavy atom. The van der Waals surface area contributed by atoms with Gasteiger partial charge < -0.3 is 10.2 Å². The minimum atomic E-state index is 0.0178. The van der Waals surface area contributed by atoms with E-state index in [-0.39, 0.29) is 6.03 Å². The average Bonchev–Trinajstić information content (AvgIpc) is 2.91. The summed E-state index contributed by atoms with van der Waals surface area (Å²) in [6, 6.07) is 5.96. The molecule has 1 unspecified atom stereocenters. The monoisotopic (exact) mass is 327 g/mol. The lowest BCUT2D eigenvalue weighted by Gasteiger charge is -2.30. The molecule has 1 N–H and O–H groups in total. The number of likely N-dealkylation sites (tertiary alicyclic amines) is 1. The lowest BCUT2D eigenvalue weighted by molar-refractivity contribution is 0.169. The van der Waals surface area contributed by atoms with Crippen LogP contribution in [-0.2, 0) is 6.54 Å². The number of nitrogens with one attached hydrogen (secondary N) is 1. The quantitative estimate of drug-likeness (QED) is 0.943. The molecule has 2 amide bonds. The van der Waals surface area contributed by atoms with Crippen LogP contribution in [0.25, 0.3) is 5.82 Å². The van der Waals surface area contributed by atoms with Gasteiger partial charge in [-0.25, -0.2) is 14.5 Å². The van der Waals surface area contributed by atoms with Gasteiger partial charge in [0.1, 0.15) is 0 Å². The van der Waals surface area contributed by atoms with Gasteiger partial charge in [-0.3, -0.25) is 0 Å². The fourth-order valence-electron chi connectivity index (χ4n) is 3.17. The minimum absolute atomic E-state index is 0.0178. The number of nitrogens with zero attached hydrogens (tertiary/aromatic N) is 4. The van der Waals surface area contributed by atoms with Gasteiger partial charge in [0.25, 0.3) is 0 Å². The number of aromatic nitrogens is 3. The Kier molecular flexibility index (Phi) is 4.83. The maximum atomic E-state index is 12.2. The molecule has 1 aliphatic rings. The van der Waals surface area contributed by atoms with Crippen LogP contribution in [-0.4, -0.2) is 38.8 Å². The molecule has 1 saturated heterocycles. The highest BCUT2D eigenvalue weighted by Crippen LogP contribution is 2.15. The topological polar surface area (TPSA) is 63.1 Å². The first-order valence-corrected chi connectivity index (χ1v) is 8.54. The largest absolute Gasteiger partial charge is 0.334 e. The molecule has 6 heteroatoms. The van der Waals surface area contributed by atoms with Gasteiger partial charge >= 0.3 is 6.03 Å². The summed E-state index contributed by atoms with van der Waals surface area (Å²) in [5.41, 5.74) is 3.01. The van der Waals surface area contributed by atoms with Crippen molar-refractivity contribution in [1.29, 1.82) is 0 Å². The predicted octanol–water partition coefficient (Wildman–Crippen LogP) is 2.83. The van der Waals surface area contributed by atoms with E-state index in [9.17, 15) is 4.79 Å². The second-order valence-electron chi connectivity index (χ2n) is 6.72. The van der Waals surface area contributed by atoms with E-state index in [0.29, 0.717) is 12.5 Å². The highest BCUT2D eigenvalue weighted by atomic mass is 16.2. The van der Waals surface area contributed by atoms with E-state index in [1.54, 1.807) is 6.20 Å². The number of pyridine rings is 1. The maximum Gasteiger partial charge on any atom is 0.317 e. The van der Waals surface area contributed by atoms with Gasteiger partial charge in [0.2, 0.25) is 0 Å². The van der Waals surface area contributed by atoms with E-state index in [2.05, 4.69) is 22.3 Å². The molecule has 2 aromatic rings. The summed E-state index contributed by atoms with van der Waals surface area (Å²) < 4.78 is 1.83. The van der Waals surface area contributed by atoms with Crippen molar-refractivity contribution in [3.8, 4) is 5.82 Å². The fourth-order valence-corrected chi connectivity index (χ4v) is 3.17. The molecule has 6 nitrogen and oxygen atoms in total. The van der Waals surface area contributed by atoms with Crippen molar-refractivity contribution < 1.29 is 4.79 Å². The van der Waals surface area contributed by atoms with Gasteiger partial charge in [0.05, 0.1) is 5.69 Å². The number of carbonyl (C=O) groups is 1. The molecule has 128 valence electrons. The van der Waals surface area contributed by atoms with E-state index < -0.39 is 0 Å². The predicted molar refractivity (Wildman–Crippen MR) is 93.0 cm³/mol. The van der Waals surface area contributed by atoms with Crippen LogP contribution in [0.4, 0.5) is 4.79 Å². The zero-order valence-electron chi connectivity index (χ0n) is 14.6. The van der Waals surface area contributed by atoms with E-state index in [4.69, 9.17) is 0 Å². The molecule has 0 saturated carbocycles. The van der Waals surface area contributed by atoms with Crippen LogP contribution in [0.1, 0.15) is 36.7 Å². The Hall–Kier alpha value is -2.37. The fraction of sp³-hybridized carbons (Fsp3) is 0.500. The van der Waals surface area contributed by atoms with Crippen molar-refractivity contribution in [2.75, 3.05) is 13.1 Å². The third kappa shape index (κ3) is 3.75. The summed E-state index contributed by atoms with van der Waals surface area (Å²) in [5, 5.41) is 7.42. The molecule has 0 aromatic carbocycles. The summed E-state index contributed by atoms with van der Waals surface area (Å²) in [4.78, 5) is 18.6. The highest BCUT2D eigenvalue weighted by molar-refractivity contribution is 5.74. The van der Waals surface area contributed by atoms with E-state index >= 15 is 0 Å². The molecule has 2 aromatic heterocycles. The molecular formula is C18H25N5O. The van der Waals surface area contributed by atoms with Crippen LogP contribution < -0.4 is 5.32 Å². The molecule has 3 rings (SSSR count). The van der Waals surface area contributed by atoms with Crippen molar-refractivity contribution in [1.82, 2.24) is 25.0 Å². The molecule has 0 radical (unpaired) electrons. The number of piperidine rings is 1. The lowest BCUT2D eigenvalue weighted by atomic mass is 10.0. The summed E-state index contributed by atoms with van der Waals surface area (Å²) in [6.45, 7) is 8.37. The molecule has 1 atom stereocenters. The van der Waals surface area contributed by atoms with Gasteiger partial charge in [-0.15, -0.1) is 0 Å². The highest BCUT2D eigenvalue weighted by Gasteiger charge is 2.20. The van der Waals surface area contributed by atoms with Gasteiger partial charge in [-0.05, 0) is 50.3 Å². The van der Waals surface area contributed by atoms with E-state index in [0.717, 1.165) is 42.3 Å². The van der Waals surface area contributed by atoms with Crippen molar-refractivity contribution in [2.24, 2.45) is 5.92 Å². The third-order valence-electron chi connectivity index (χ3n) is 4.42. The van der Waals surface area contributed by atoms with Crippen molar-refractivity contribution >= 4 is 6.03 Å². The molecule has 24 heavy (non-hydrogen) atoms. The number of hydrogen-bond acceptors (Lipinski definition) is 3. The summed E-state index contributed by atoms with van der Waals surface area (Å²) >= 11 is 0. The smallest absolute Gasteiger partial charge is 0.317 e. The van der Waals surface area contributed by atoms with Crippen LogP contribution in [0.15, 0.2) is 24.4 Å². The number of urea groups is 1. The molecular weight excluding hydrogens is 302 g/mol. The van der Waals surface area contributed by atoms with Crippen LogP contribution >= 0.6 is 0 Å². The summed E-state index contributed by atoms with van der Waals surface area (Å²) in [6.07, 6.45) is 4.10. The Morgan fingerprint density at radius 2 is 2.21 bits per heavy atom. The Balaban J connectivity index is 1.58. The third-order valence-corrected chi connectivity index (χ3v) is 4.42. The normalized spacial score (nSPS) is 17.8. The summed E-state index contributed by atoms with van der Waals surface area (Å²) in [7, 11) is 0. The van der Waals surface area contributed by atoms with Crippen LogP contribution in [0.5, 0.6) is 0 Å². The first-order valence-electron chi connectivity index (χ1n) is 8.54. The Labute approximate surface area is 142 Å². The van der Waals surface area contributed by atoms with Crippen LogP contribution in [0.3, 0.4) is 0 Å². The van der Waals surface area contributed by atoms with Gasteiger partial charge in [0, 0.05) is 31.5 Å². The molecule has 3 heterocycles. The minimum Gasteiger partial charge on any atom is -0.334 e. The molecule has 0 spiro atoms. The molecule has 0 bridgehead atoms. The number of aryl methyl sites for hydroxylation is 2. The second-order valence-corrected chi connectivity index (χ2v) is 6.72. The second kappa shape index (κ2) is 7.03. The SMILES string of the molecule is Cc1cc(C)n(-c2ccc(CNC(=O)N3CCCC(C)C3)cn2)n1. The molecule has 1 fully saturated rings. The van der Waals surface area contributed by atoms with Crippen LogP contribution in [0.2, 0.25) is 0 Å². The standard InChI is InChI=1S/C18H25N5O/c1-13-5-4-8-22(12-13)18(24)20-11-16-6-7-17(19-10-16)23-15(3)9-14(2)21-23/h6-7,9-10,13H,4-5,8,11-12H2,1-3H3,(H,20,24). The zero-order valence-corrected chi connectivity index (χ0v) is 14.6. The summed E-state index contributed by atoms with van der Waals surface area (Å²) in [5.74, 6) is 1.38. The van der Waals surface area contributed by atoms with E-state index in [1.807, 2.05) is 41.6 Å². The lowest BCUT2D eigenvalue weighted by Crippen LogP contribution is -2.44. The molecule has 0 aliphatic carbocycles. The van der Waals surface area contributed by atoms with Gasteiger partial charge in [-0.2, -0.15) is 5.10 Å². The van der Waals surface area contributed by atoms with Crippen molar-refractivity contribution in [3.63, 3.8) is 0 Å². The molecule has 1 aliphatic heterocycles. The number of carbonyl (C=O) groups excluding carboxylic acids is 1. The first kappa shape index (κ1) is 16.5. The maximum absolute atomic E-state index is 12.2. The van der Waals surface area contributed by atoms with Gasteiger partial charge in [-0.1, -0.05) is 13.0 Å². The van der Waals surface area contributed by atoms with Gasteiger partial charge in [0.15, 0.2) is 5.82 Å². The van der Waals surface area contributed by atoms with Crippen LogP contribution in [0, 0.1) is 19.8 Å². The van der Waals surface area contributed by atoms with E-state index in [1.165, 1.54) is 6.42 Å². The Bertz CT molecular complexity index is 707. The number of hydrogen-bond donors (Lipinski definition) is 1. The van der Waals surface area contributed by atoms with Crippen molar-refractivity contribution in [3.05, 3.63) is 41.3 Å². The zero-order chi connectivity index (χ0) is 17.1. The first-order chi connectivity index (χ1) is 11.5. The van der Waals surface area contributed by atoms with Crippen molar-refractivity contribution in [2.45, 2.75) is 40.2 Å². The number of rotatable bonds is 3.